The minimum absolute atomic E-state index is 0.408. The van der Waals surface area contributed by atoms with E-state index in [0.29, 0.717) is 18.3 Å². The fourth-order valence-electron chi connectivity index (χ4n) is 0.958. The summed E-state index contributed by atoms with van der Waals surface area (Å²) in [7, 11) is 4.06. The third-order valence-electron chi connectivity index (χ3n) is 1.65. The number of ether oxygens (including phenoxy) is 1. The van der Waals surface area contributed by atoms with Gasteiger partial charge in [-0.1, -0.05) is 0 Å². The highest BCUT2D eigenvalue weighted by atomic mass is 16.5. The Kier molecular flexibility index (Phi) is 4.12. The molecule has 0 unspecified atom stereocenters. The van der Waals surface area contributed by atoms with Crippen molar-refractivity contribution in [2.75, 3.05) is 33.0 Å². The van der Waals surface area contributed by atoms with Crippen molar-refractivity contribution >= 4 is 5.82 Å². The van der Waals surface area contributed by atoms with E-state index in [1.807, 2.05) is 14.1 Å². The first-order valence-corrected chi connectivity index (χ1v) is 4.53. The zero-order valence-corrected chi connectivity index (χ0v) is 8.60. The summed E-state index contributed by atoms with van der Waals surface area (Å²) in [6.07, 6.45) is 3.99. The van der Waals surface area contributed by atoms with Crippen LogP contribution in [0.3, 0.4) is 0 Å². The molecule has 1 heterocycles. The molecule has 0 spiro atoms. The maximum Gasteiger partial charge on any atom is 0.232 e. The number of anilines is 1. The second kappa shape index (κ2) is 5.39. The molecule has 78 valence electrons. The van der Waals surface area contributed by atoms with E-state index in [1.54, 1.807) is 0 Å². The topological polar surface area (TPSA) is 64.3 Å². The Morgan fingerprint density at radius 2 is 2.14 bits per heavy atom. The summed E-state index contributed by atoms with van der Waals surface area (Å²) in [6.45, 7) is 1.65. The minimum atomic E-state index is 0.408. The zero-order chi connectivity index (χ0) is 10.4. The molecule has 0 aromatic carbocycles. The Morgan fingerprint density at radius 3 is 2.71 bits per heavy atom. The van der Waals surface area contributed by atoms with Crippen LogP contribution in [0.2, 0.25) is 0 Å². The molecule has 1 aromatic heterocycles. The lowest BCUT2D eigenvalue weighted by Crippen LogP contribution is -2.15. The third-order valence-corrected chi connectivity index (χ3v) is 1.65. The van der Waals surface area contributed by atoms with E-state index >= 15 is 0 Å². The second-order valence-electron chi connectivity index (χ2n) is 3.28. The van der Waals surface area contributed by atoms with Gasteiger partial charge in [-0.25, -0.2) is 9.97 Å². The molecule has 14 heavy (non-hydrogen) atoms. The van der Waals surface area contributed by atoms with Crippen molar-refractivity contribution < 1.29 is 4.74 Å². The highest BCUT2D eigenvalue weighted by Crippen LogP contribution is 2.04. The van der Waals surface area contributed by atoms with Crippen LogP contribution in [0.15, 0.2) is 12.4 Å². The first kappa shape index (κ1) is 10.7. The number of nitrogen functional groups attached to an aromatic ring is 1. The van der Waals surface area contributed by atoms with Crippen LogP contribution in [0.5, 0.6) is 5.88 Å². The SMILES string of the molecule is CN(C)CCCOc1cnc(N)cn1. The molecule has 0 bridgehead atoms. The maximum atomic E-state index is 5.39. The minimum Gasteiger partial charge on any atom is -0.477 e. The van der Waals surface area contributed by atoms with Gasteiger partial charge in [0.2, 0.25) is 5.88 Å². The van der Waals surface area contributed by atoms with Crippen LogP contribution in [0.4, 0.5) is 5.82 Å². The van der Waals surface area contributed by atoms with Crippen LogP contribution < -0.4 is 10.5 Å². The van der Waals surface area contributed by atoms with Gasteiger partial charge in [-0.15, -0.1) is 0 Å². The van der Waals surface area contributed by atoms with Crippen molar-refractivity contribution in [2.45, 2.75) is 6.42 Å². The van der Waals surface area contributed by atoms with Crippen molar-refractivity contribution in [2.24, 2.45) is 0 Å². The Bertz CT molecular complexity index is 260. The van der Waals surface area contributed by atoms with E-state index in [-0.39, 0.29) is 0 Å². The van der Waals surface area contributed by atoms with Crippen molar-refractivity contribution in [3.05, 3.63) is 12.4 Å². The fourth-order valence-corrected chi connectivity index (χ4v) is 0.958. The molecule has 0 aliphatic carbocycles. The van der Waals surface area contributed by atoms with E-state index in [0.717, 1.165) is 13.0 Å². The number of nitrogens with zero attached hydrogens (tertiary/aromatic N) is 3. The lowest BCUT2D eigenvalue weighted by atomic mass is 10.4. The summed E-state index contributed by atoms with van der Waals surface area (Å²) in [5, 5.41) is 0. The van der Waals surface area contributed by atoms with Gasteiger partial charge in [-0.3, -0.25) is 0 Å². The number of aromatic nitrogens is 2. The van der Waals surface area contributed by atoms with E-state index in [1.165, 1.54) is 12.4 Å². The van der Waals surface area contributed by atoms with Crippen molar-refractivity contribution in [1.29, 1.82) is 0 Å². The monoisotopic (exact) mass is 196 g/mol. The van der Waals surface area contributed by atoms with Crippen molar-refractivity contribution in [3.63, 3.8) is 0 Å². The van der Waals surface area contributed by atoms with E-state index < -0.39 is 0 Å². The first-order chi connectivity index (χ1) is 6.68. The third kappa shape index (κ3) is 4.04. The molecule has 0 aliphatic rings. The highest BCUT2D eigenvalue weighted by molar-refractivity contribution is 5.24. The Hall–Kier alpha value is -1.36. The summed E-state index contributed by atoms with van der Waals surface area (Å²) in [4.78, 5) is 9.95. The normalized spacial score (nSPS) is 10.5. The zero-order valence-electron chi connectivity index (χ0n) is 8.60. The molecule has 1 rings (SSSR count). The van der Waals surface area contributed by atoms with E-state index in [9.17, 15) is 0 Å². The smallest absolute Gasteiger partial charge is 0.232 e. The van der Waals surface area contributed by atoms with Gasteiger partial charge in [0.15, 0.2) is 0 Å². The lowest BCUT2D eigenvalue weighted by molar-refractivity contribution is 0.272. The molecule has 1 aromatic rings. The summed E-state index contributed by atoms with van der Waals surface area (Å²) in [5.74, 6) is 0.934. The summed E-state index contributed by atoms with van der Waals surface area (Å²) in [5.41, 5.74) is 5.39. The molecule has 5 nitrogen and oxygen atoms in total. The Labute approximate surface area is 83.9 Å². The van der Waals surface area contributed by atoms with Crippen molar-refractivity contribution in [3.8, 4) is 5.88 Å². The van der Waals surface area contributed by atoms with Crippen LogP contribution in [-0.2, 0) is 0 Å². The summed E-state index contributed by atoms with van der Waals surface area (Å²) in [6, 6.07) is 0. The second-order valence-corrected chi connectivity index (χ2v) is 3.28. The highest BCUT2D eigenvalue weighted by Gasteiger charge is 1.96. The van der Waals surface area contributed by atoms with Crippen molar-refractivity contribution in [1.82, 2.24) is 14.9 Å². The lowest BCUT2D eigenvalue weighted by Gasteiger charge is -2.09. The number of rotatable bonds is 5. The van der Waals surface area contributed by atoms with Gasteiger partial charge < -0.3 is 15.4 Å². The molecule has 0 saturated heterocycles. The quantitative estimate of drug-likeness (QED) is 0.690. The molecule has 2 N–H and O–H groups in total. The first-order valence-electron chi connectivity index (χ1n) is 4.53. The van der Waals surface area contributed by atoms with Crippen LogP contribution in [0.1, 0.15) is 6.42 Å². The standard InChI is InChI=1S/C9H16N4O/c1-13(2)4-3-5-14-9-7-11-8(10)6-12-9/h6-7H,3-5H2,1-2H3,(H2,10,11). The van der Waals surface area contributed by atoms with Crippen LogP contribution in [-0.4, -0.2) is 42.1 Å². The van der Waals surface area contributed by atoms with E-state index in [4.69, 9.17) is 10.5 Å². The van der Waals surface area contributed by atoms with Crippen LogP contribution in [0, 0.1) is 0 Å². The Balaban J connectivity index is 2.21. The number of hydrogen-bond donors (Lipinski definition) is 1. The van der Waals surface area contributed by atoms with Gasteiger partial charge in [0.1, 0.15) is 5.82 Å². The van der Waals surface area contributed by atoms with Gasteiger partial charge in [-0.05, 0) is 20.5 Å². The molecule has 0 atom stereocenters. The molecule has 5 heteroatoms. The average molecular weight is 196 g/mol. The number of hydrogen-bond acceptors (Lipinski definition) is 5. The van der Waals surface area contributed by atoms with Gasteiger partial charge >= 0.3 is 0 Å². The summed E-state index contributed by atoms with van der Waals surface area (Å²) < 4.78 is 5.36. The molecular formula is C9H16N4O. The predicted molar refractivity (Wildman–Crippen MR) is 55.1 cm³/mol. The number of nitrogens with two attached hydrogens (primary N) is 1. The molecular weight excluding hydrogens is 180 g/mol. The Morgan fingerprint density at radius 1 is 1.36 bits per heavy atom. The molecule has 0 saturated carbocycles. The van der Waals surface area contributed by atoms with Crippen LogP contribution in [0.25, 0.3) is 0 Å². The maximum absolute atomic E-state index is 5.39. The fraction of sp³-hybridized carbons (Fsp3) is 0.556. The summed E-state index contributed by atoms with van der Waals surface area (Å²) >= 11 is 0. The largest absolute Gasteiger partial charge is 0.477 e. The predicted octanol–water partition coefficient (Wildman–Crippen LogP) is 0.389. The van der Waals surface area contributed by atoms with Gasteiger partial charge in [-0.2, -0.15) is 0 Å². The van der Waals surface area contributed by atoms with Gasteiger partial charge in [0, 0.05) is 6.54 Å². The molecule has 0 fully saturated rings. The molecule has 0 amide bonds. The van der Waals surface area contributed by atoms with Gasteiger partial charge in [0.05, 0.1) is 19.0 Å². The average Bonchev–Trinajstić information content (AvgIpc) is 2.15. The van der Waals surface area contributed by atoms with E-state index in [2.05, 4.69) is 14.9 Å². The van der Waals surface area contributed by atoms with Gasteiger partial charge in [0.25, 0.3) is 0 Å². The molecule has 0 radical (unpaired) electrons. The molecule has 0 aliphatic heterocycles. The van der Waals surface area contributed by atoms with Crippen LogP contribution >= 0.6 is 0 Å².